The number of nitrogens with zero attached hydrogens (tertiary/aromatic N) is 1. The van der Waals surface area contributed by atoms with Crippen molar-refractivity contribution in [2.75, 3.05) is 12.0 Å². The van der Waals surface area contributed by atoms with Crippen molar-refractivity contribution in [2.45, 2.75) is 13.5 Å². The van der Waals surface area contributed by atoms with Crippen LogP contribution in [0.15, 0.2) is 72.3 Å². The third-order valence-corrected chi connectivity index (χ3v) is 5.53. The van der Waals surface area contributed by atoms with Crippen LogP contribution in [0.3, 0.4) is 0 Å². The highest BCUT2D eigenvalue weighted by Crippen LogP contribution is 2.38. The quantitative estimate of drug-likeness (QED) is 0.404. The van der Waals surface area contributed by atoms with Gasteiger partial charge in [0.15, 0.2) is 11.5 Å². The van der Waals surface area contributed by atoms with Crippen LogP contribution in [0.1, 0.15) is 16.7 Å². The molecule has 1 aliphatic heterocycles. The Hall–Kier alpha value is -4.10. The number of imide groups is 2. The van der Waals surface area contributed by atoms with Crippen LogP contribution >= 0.6 is 11.6 Å². The van der Waals surface area contributed by atoms with Crippen LogP contribution in [0.5, 0.6) is 11.5 Å². The van der Waals surface area contributed by atoms with Crippen LogP contribution in [-0.4, -0.2) is 25.0 Å². The SMILES string of the molecule is COc1cc(/C=C2\C(=O)NC(=O)N(c3ccccc3C)C2=O)cc(Cl)c1OCc1ccccc1. The van der Waals surface area contributed by atoms with E-state index in [4.69, 9.17) is 21.1 Å². The lowest BCUT2D eigenvalue weighted by Crippen LogP contribution is -2.54. The summed E-state index contributed by atoms with van der Waals surface area (Å²) in [6, 6.07) is 18.9. The number of amides is 4. The van der Waals surface area contributed by atoms with Crippen molar-refractivity contribution in [3.05, 3.63) is 94.0 Å². The molecule has 0 radical (unpaired) electrons. The third-order valence-electron chi connectivity index (χ3n) is 5.25. The summed E-state index contributed by atoms with van der Waals surface area (Å²) in [6.07, 6.45) is 1.37. The molecule has 4 amide bonds. The molecule has 0 aromatic heterocycles. The summed E-state index contributed by atoms with van der Waals surface area (Å²) in [5, 5.41) is 2.47. The molecule has 3 aromatic rings. The van der Waals surface area contributed by atoms with Gasteiger partial charge in [0.25, 0.3) is 11.8 Å². The molecule has 7 nitrogen and oxygen atoms in total. The number of ether oxygens (including phenoxy) is 2. The number of methoxy groups -OCH3 is 1. The lowest BCUT2D eigenvalue weighted by molar-refractivity contribution is -0.122. The van der Waals surface area contributed by atoms with E-state index >= 15 is 0 Å². The zero-order valence-electron chi connectivity index (χ0n) is 18.5. The van der Waals surface area contributed by atoms with Gasteiger partial charge in [0.05, 0.1) is 17.8 Å². The van der Waals surface area contributed by atoms with Crippen LogP contribution in [0.2, 0.25) is 5.02 Å². The summed E-state index contributed by atoms with van der Waals surface area (Å²) in [7, 11) is 1.47. The van der Waals surface area contributed by atoms with E-state index in [0.717, 1.165) is 10.5 Å². The first-order chi connectivity index (χ1) is 16.4. The number of hydrogen-bond acceptors (Lipinski definition) is 5. The van der Waals surface area contributed by atoms with Gasteiger partial charge in [-0.1, -0.05) is 60.1 Å². The molecule has 4 rings (SSSR count). The fourth-order valence-electron chi connectivity index (χ4n) is 3.55. The molecule has 34 heavy (non-hydrogen) atoms. The number of anilines is 1. The largest absolute Gasteiger partial charge is 0.493 e. The summed E-state index contributed by atoms with van der Waals surface area (Å²) in [5.41, 5.74) is 2.29. The summed E-state index contributed by atoms with van der Waals surface area (Å²) in [6.45, 7) is 2.06. The Kier molecular flexibility index (Phi) is 6.65. The van der Waals surface area contributed by atoms with E-state index in [1.165, 1.54) is 13.2 Å². The first-order valence-corrected chi connectivity index (χ1v) is 10.8. The van der Waals surface area contributed by atoms with E-state index in [9.17, 15) is 14.4 Å². The number of nitrogens with one attached hydrogen (secondary N) is 1. The van der Waals surface area contributed by atoms with Crippen molar-refractivity contribution in [1.29, 1.82) is 0 Å². The van der Waals surface area contributed by atoms with Crippen LogP contribution in [0.4, 0.5) is 10.5 Å². The minimum atomic E-state index is -0.804. The first kappa shape index (κ1) is 23.1. The molecule has 1 fully saturated rings. The molecular weight excluding hydrogens is 456 g/mol. The molecule has 1 N–H and O–H groups in total. The number of para-hydroxylation sites is 1. The highest BCUT2D eigenvalue weighted by Gasteiger charge is 2.37. The molecular formula is C26H21ClN2O5. The molecule has 0 bridgehead atoms. The van der Waals surface area contributed by atoms with E-state index in [0.29, 0.717) is 28.3 Å². The second-order valence-electron chi connectivity index (χ2n) is 7.55. The fraction of sp³-hybridized carbons (Fsp3) is 0.115. The highest BCUT2D eigenvalue weighted by atomic mass is 35.5. The average Bonchev–Trinajstić information content (AvgIpc) is 2.82. The summed E-state index contributed by atoms with van der Waals surface area (Å²) < 4.78 is 11.3. The van der Waals surface area contributed by atoms with E-state index in [1.54, 1.807) is 43.3 Å². The number of halogens is 1. The summed E-state index contributed by atoms with van der Waals surface area (Å²) >= 11 is 6.45. The maximum Gasteiger partial charge on any atom is 0.335 e. The van der Waals surface area contributed by atoms with Gasteiger partial charge in [-0.15, -0.1) is 0 Å². The third kappa shape index (κ3) is 4.65. The number of carbonyl (C=O) groups excluding carboxylic acids is 3. The van der Waals surface area contributed by atoms with Crippen molar-refractivity contribution in [2.24, 2.45) is 0 Å². The summed E-state index contributed by atoms with van der Waals surface area (Å²) in [5.74, 6) is -0.848. The van der Waals surface area contributed by atoms with Gasteiger partial charge in [-0.2, -0.15) is 0 Å². The van der Waals surface area contributed by atoms with Gasteiger partial charge in [0, 0.05) is 0 Å². The van der Waals surface area contributed by atoms with Crippen LogP contribution in [0, 0.1) is 6.92 Å². The van der Waals surface area contributed by atoms with E-state index < -0.39 is 17.8 Å². The van der Waals surface area contributed by atoms with E-state index in [-0.39, 0.29) is 17.2 Å². The Bertz CT molecular complexity index is 1300. The monoisotopic (exact) mass is 476 g/mol. The number of rotatable bonds is 6. The van der Waals surface area contributed by atoms with E-state index in [1.807, 2.05) is 30.3 Å². The molecule has 0 atom stereocenters. The highest BCUT2D eigenvalue weighted by molar-refractivity contribution is 6.39. The van der Waals surface area contributed by atoms with Crippen LogP contribution in [-0.2, 0) is 16.2 Å². The smallest absolute Gasteiger partial charge is 0.335 e. The van der Waals surface area contributed by atoms with Crippen molar-refractivity contribution in [3.63, 3.8) is 0 Å². The Morgan fingerprint density at radius 3 is 2.41 bits per heavy atom. The molecule has 8 heteroatoms. The van der Waals surface area contributed by atoms with Gasteiger partial charge < -0.3 is 9.47 Å². The maximum absolute atomic E-state index is 13.2. The average molecular weight is 477 g/mol. The molecule has 1 aliphatic rings. The topological polar surface area (TPSA) is 84.9 Å². The first-order valence-electron chi connectivity index (χ1n) is 10.4. The number of hydrogen-bond donors (Lipinski definition) is 1. The normalized spacial score (nSPS) is 14.9. The van der Waals surface area contributed by atoms with Gasteiger partial charge in [-0.05, 0) is 47.9 Å². The van der Waals surface area contributed by atoms with Gasteiger partial charge in [0.1, 0.15) is 12.2 Å². The molecule has 0 saturated carbocycles. The lowest BCUT2D eigenvalue weighted by Gasteiger charge is -2.27. The lowest BCUT2D eigenvalue weighted by atomic mass is 10.1. The maximum atomic E-state index is 13.2. The molecule has 0 spiro atoms. The van der Waals surface area contributed by atoms with Crippen LogP contribution in [0.25, 0.3) is 6.08 Å². The number of carbonyl (C=O) groups is 3. The zero-order valence-corrected chi connectivity index (χ0v) is 19.3. The van der Waals surface area contributed by atoms with Crippen molar-refractivity contribution in [3.8, 4) is 11.5 Å². The summed E-state index contributed by atoms with van der Waals surface area (Å²) in [4.78, 5) is 39.1. The van der Waals surface area contributed by atoms with Gasteiger partial charge in [-0.3, -0.25) is 14.9 Å². The van der Waals surface area contributed by atoms with Crippen LogP contribution < -0.4 is 19.7 Å². The Morgan fingerprint density at radius 1 is 1.00 bits per heavy atom. The number of barbiturate groups is 1. The number of urea groups is 1. The minimum Gasteiger partial charge on any atom is -0.493 e. The second kappa shape index (κ2) is 9.80. The molecule has 172 valence electrons. The Labute approximate surface area is 201 Å². The predicted octanol–water partition coefficient (Wildman–Crippen LogP) is 4.90. The standard InChI is InChI=1S/C26H21ClN2O5/c1-16-8-6-7-11-21(16)29-25(31)19(24(30)28-26(29)32)12-18-13-20(27)23(22(14-18)33-2)34-15-17-9-4-3-5-10-17/h3-14H,15H2,1-2H3,(H,28,30,32)/b19-12+. The molecule has 0 aliphatic carbocycles. The minimum absolute atomic E-state index is 0.209. The van der Waals surface area contributed by atoms with E-state index in [2.05, 4.69) is 5.32 Å². The molecule has 1 heterocycles. The van der Waals surface area contributed by atoms with Gasteiger partial charge in [-0.25, -0.2) is 9.69 Å². The van der Waals surface area contributed by atoms with Crippen molar-refractivity contribution >= 4 is 41.2 Å². The Morgan fingerprint density at radius 2 is 1.71 bits per heavy atom. The fourth-order valence-corrected chi connectivity index (χ4v) is 3.82. The second-order valence-corrected chi connectivity index (χ2v) is 7.96. The molecule has 3 aromatic carbocycles. The van der Waals surface area contributed by atoms with Gasteiger partial charge in [0.2, 0.25) is 0 Å². The van der Waals surface area contributed by atoms with Crippen molar-refractivity contribution < 1.29 is 23.9 Å². The number of benzene rings is 3. The van der Waals surface area contributed by atoms with Crippen molar-refractivity contribution in [1.82, 2.24) is 5.32 Å². The van der Waals surface area contributed by atoms with Gasteiger partial charge >= 0.3 is 6.03 Å². The zero-order chi connectivity index (χ0) is 24.2. The molecule has 0 unspecified atom stereocenters. The Balaban J connectivity index is 1.66. The molecule has 1 saturated heterocycles. The number of aryl methyl sites for hydroxylation is 1. The predicted molar refractivity (Wildman–Crippen MR) is 129 cm³/mol.